The molecule has 1 fully saturated rings. The molecule has 32 heavy (non-hydrogen) atoms. The van der Waals surface area contributed by atoms with Crippen LogP contribution in [0.4, 0.5) is 0 Å². The molecular weight excluding hydrogens is 409 g/mol. The van der Waals surface area contributed by atoms with E-state index in [0.717, 1.165) is 26.3 Å². The van der Waals surface area contributed by atoms with E-state index in [-0.39, 0.29) is 0 Å². The molecule has 1 aliphatic rings. The molecule has 0 saturated carbocycles. The van der Waals surface area contributed by atoms with E-state index in [2.05, 4.69) is 133 Å². The molecule has 0 amide bonds. The molecule has 0 aliphatic carbocycles. The lowest BCUT2D eigenvalue weighted by molar-refractivity contribution is 0.0503. The van der Waals surface area contributed by atoms with Crippen LogP contribution in [-0.2, 0) is 4.74 Å². The van der Waals surface area contributed by atoms with Gasteiger partial charge in [-0.25, -0.2) is 0 Å². The van der Waals surface area contributed by atoms with Crippen molar-refractivity contribution in [2.75, 3.05) is 33.4 Å². The first-order valence-corrected chi connectivity index (χ1v) is 13.0. The van der Waals surface area contributed by atoms with E-state index in [4.69, 9.17) is 4.74 Å². The molecule has 5 rings (SSSR count). The molecule has 0 N–H and O–H groups in total. The van der Waals surface area contributed by atoms with Crippen molar-refractivity contribution in [3.8, 4) is 0 Å². The Morgan fingerprint density at radius 3 is 1.00 bits per heavy atom. The fourth-order valence-corrected chi connectivity index (χ4v) is 8.42. The lowest BCUT2D eigenvalue weighted by Gasteiger charge is -2.27. The van der Waals surface area contributed by atoms with E-state index in [1.165, 1.54) is 21.2 Å². The van der Waals surface area contributed by atoms with Crippen LogP contribution in [0, 0.1) is 0 Å². The Hall–Kier alpha value is -2.77. The predicted octanol–water partition coefficient (Wildman–Crippen LogP) is 4.25. The van der Waals surface area contributed by atoms with Crippen LogP contribution in [0.15, 0.2) is 121 Å². The van der Waals surface area contributed by atoms with E-state index < -0.39 is 7.26 Å². The van der Waals surface area contributed by atoms with Gasteiger partial charge in [-0.05, 0) is 55.6 Å². The number of rotatable bonds is 4. The number of nitrogens with zero attached hydrogens (tertiary/aromatic N) is 1. The standard InChI is InChI=1S/C24H20P.C5H11NO/c1-5-13-21(14-6-1)25(22-15-7-2-8-16-22,23-17-9-3-10-18-23)24-19-11-4-12-20-24;1-6-2-4-7-5-3-6/h1-20H;2-5H2,1H3/q+1;. The summed E-state index contributed by atoms with van der Waals surface area (Å²) in [5, 5.41) is 5.55. The fourth-order valence-electron chi connectivity index (χ4n) is 4.16. The van der Waals surface area contributed by atoms with Gasteiger partial charge in [-0.1, -0.05) is 72.8 Å². The van der Waals surface area contributed by atoms with Crippen LogP contribution in [0.3, 0.4) is 0 Å². The van der Waals surface area contributed by atoms with Crippen molar-refractivity contribution in [1.29, 1.82) is 0 Å². The first kappa shape index (κ1) is 22.4. The highest BCUT2D eigenvalue weighted by Gasteiger charge is 2.47. The predicted molar refractivity (Wildman–Crippen MR) is 140 cm³/mol. The minimum atomic E-state index is -1.91. The number of morpholine rings is 1. The van der Waals surface area contributed by atoms with Gasteiger partial charge in [0.1, 0.15) is 28.5 Å². The van der Waals surface area contributed by atoms with Gasteiger partial charge < -0.3 is 9.64 Å². The van der Waals surface area contributed by atoms with Gasteiger partial charge in [0.2, 0.25) is 0 Å². The van der Waals surface area contributed by atoms with Crippen molar-refractivity contribution >= 4 is 28.5 Å². The smallest absolute Gasteiger partial charge is 0.144 e. The van der Waals surface area contributed by atoms with Crippen LogP contribution >= 0.6 is 7.26 Å². The van der Waals surface area contributed by atoms with Crippen LogP contribution in [-0.4, -0.2) is 38.3 Å². The summed E-state index contributed by atoms with van der Waals surface area (Å²) in [6.45, 7) is 4.02. The number of hydrogen-bond donors (Lipinski definition) is 0. The summed E-state index contributed by atoms with van der Waals surface area (Å²) in [5.74, 6) is 0. The maximum Gasteiger partial charge on any atom is 0.144 e. The summed E-state index contributed by atoms with van der Waals surface area (Å²) in [7, 11) is 0.208. The fraction of sp³-hybridized carbons (Fsp3) is 0.172. The third-order valence-corrected chi connectivity index (χ3v) is 10.1. The van der Waals surface area contributed by atoms with Gasteiger partial charge >= 0.3 is 0 Å². The third kappa shape index (κ3) is 5.00. The molecule has 4 aromatic carbocycles. The van der Waals surface area contributed by atoms with Gasteiger partial charge in [0.25, 0.3) is 0 Å². The maximum atomic E-state index is 5.10. The summed E-state index contributed by atoms with van der Waals surface area (Å²) >= 11 is 0. The number of hydrogen-bond acceptors (Lipinski definition) is 2. The molecule has 1 aliphatic heterocycles. The van der Waals surface area contributed by atoms with Gasteiger partial charge in [-0.15, -0.1) is 0 Å². The minimum absolute atomic E-state index is 0.913. The lowest BCUT2D eigenvalue weighted by atomic mass is 10.3. The molecule has 162 valence electrons. The zero-order chi connectivity index (χ0) is 22.1. The number of ether oxygens (including phenoxy) is 1. The largest absolute Gasteiger partial charge is 0.379 e. The first-order valence-electron chi connectivity index (χ1n) is 11.2. The molecule has 1 heterocycles. The molecule has 0 spiro atoms. The summed E-state index contributed by atoms with van der Waals surface area (Å²) in [6, 6.07) is 43.8. The monoisotopic (exact) mass is 440 g/mol. The molecule has 0 bridgehead atoms. The van der Waals surface area contributed by atoms with Crippen molar-refractivity contribution in [3.63, 3.8) is 0 Å². The molecule has 0 atom stereocenters. The molecule has 1 saturated heterocycles. The van der Waals surface area contributed by atoms with E-state index in [9.17, 15) is 0 Å². The topological polar surface area (TPSA) is 12.5 Å². The summed E-state index contributed by atoms with van der Waals surface area (Å²) in [4.78, 5) is 2.27. The highest BCUT2D eigenvalue weighted by molar-refractivity contribution is 8.01. The number of likely N-dealkylation sites (N-methyl/N-ethyl adjacent to an activating group) is 1. The van der Waals surface area contributed by atoms with Crippen LogP contribution < -0.4 is 21.2 Å². The van der Waals surface area contributed by atoms with E-state index in [0.29, 0.717) is 0 Å². The van der Waals surface area contributed by atoms with E-state index in [1.807, 2.05) is 0 Å². The average molecular weight is 441 g/mol. The molecule has 0 aromatic heterocycles. The molecule has 2 nitrogen and oxygen atoms in total. The quantitative estimate of drug-likeness (QED) is 0.440. The zero-order valence-corrected chi connectivity index (χ0v) is 19.6. The van der Waals surface area contributed by atoms with Gasteiger partial charge in [0, 0.05) is 13.1 Å². The van der Waals surface area contributed by atoms with Crippen molar-refractivity contribution < 1.29 is 4.74 Å². The van der Waals surface area contributed by atoms with Crippen LogP contribution in [0.2, 0.25) is 0 Å². The minimum Gasteiger partial charge on any atom is -0.379 e. The Morgan fingerprint density at radius 1 is 0.500 bits per heavy atom. The zero-order valence-electron chi connectivity index (χ0n) is 18.7. The molecule has 4 aromatic rings. The van der Waals surface area contributed by atoms with Gasteiger partial charge in [-0.2, -0.15) is 0 Å². The normalized spacial score (nSPS) is 14.3. The van der Waals surface area contributed by atoms with Crippen LogP contribution in [0.1, 0.15) is 0 Å². The second-order valence-electron chi connectivity index (χ2n) is 7.93. The maximum absolute atomic E-state index is 5.10. The Labute approximate surface area is 192 Å². The van der Waals surface area contributed by atoms with Crippen molar-refractivity contribution in [2.24, 2.45) is 0 Å². The van der Waals surface area contributed by atoms with E-state index >= 15 is 0 Å². The van der Waals surface area contributed by atoms with Gasteiger partial charge in [0.15, 0.2) is 0 Å². The second-order valence-corrected chi connectivity index (χ2v) is 11.3. The van der Waals surface area contributed by atoms with Crippen molar-refractivity contribution in [2.45, 2.75) is 0 Å². The highest BCUT2D eigenvalue weighted by Crippen LogP contribution is 2.53. The van der Waals surface area contributed by atoms with Crippen LogP contribution in [0.25, 0.3) is 0 Å². The van der Waals surface area contributed by atoms with Crippen molar-refractivity contribution in [1.82, 2.24) is 4.90 Å². The molecule has 0 radical (unpaired) electrons. The average Bonchev–Trinajstić information content (AvgIpc) is 2.88. The highest BCUT2D eigenvalue weighted by atomic mass is 31.2. The SMILES string of the molecule is CN1CCOCC1.c1ccc([P+](c2ccccc2)(c2ccccc2)c2ccccc2)cc1. The summed E-state index contributed by atoms with van der Waals surface area (Å²) < 4.78 is 5.10. The van der Waals surface area contributed by atoms with Crippen LogP contribution in [0.5, 0.6) is 0 Å². The summed E-state index contributed by atoms with van der Waals surface area (Å²) in [6.07, 6.45) is 0. The Kier molecular flexibility index (Phi) is 7.85. The van der Waals surface area contributed by atoms with Gasteiger partial charge in [-0.3, -0.25) is 0 Å². The summed E-state index contributed by atoms with van der Waals surface area (Å²) in [5.41, 5.74) is 0. The number of benzene rings is 4. The Bertz CT molecular complexity index is 886. The third-order valence-electron chi connectivity index (χ3n) is 5.81. The molecule has 3 heteroatoms. The van der Waals surface area contributed by atoms with Crippen molar-refractivity contribution in [3.05, 3.63) is 121 Å². The molecular formula is C29H31NOP+. The van der Waals surface area contributed by atoms with Gasteiger partial charge in [0.05, 0.1) is 13.2 Å². The molecule has 0 unspecified atom stereocenters. The Balaban J connectivity index is 0.000000300. The first-order chi connectivity index (χ1) is 15.8. The van der Waals surface area contributed by atoms with E-state index in [1.54, 1.807) is 0 Å². The Morgan fingerprint density at radius 2 is 0.781 bits per heavy atom. The second kappa shape index (κ2) is 11.2. The lowest BCUT2D eigenvalue weighted by Crippen LogP contribution is -2.38.